The van der Waals surface area contributed by atoms with Crippen LogP contribution >= 0.6 is 11.6 Å². The van der Waals surface area contributed by atoms with Crippen molar-refractivity contribution in [3.05, 3.63) is 34.6 Å². The molecule has 0 bridgehead atoms. The summed E-state index contributed by atoms with van der Waals surface area (Å²) in [5.74, 6) is -1.33. The van der Waals surface area contributed by atoms with Crippen molar-refractivity contribution >= 4 is 17.5 Å². The molecule has 1 aliphatic heterocycles. The molecule has 3 N–H and O–H groups in total. The number of aliphatic hydroxyl groups excluding tert-OH is 2. The number of rotatable bonds is 2. The predicted molar refractivity (Wildman–Crippen MR) is 65.5 cm³/mol. The molecule has 1 aliphatic rings. The van der Waals surface area contributed by atoms with Gasteiger partial charge in [0, 0.05) is 0 Å². The molecule has 0 spiro atoms. The minimum Gasteiger partial charge on any atom is -0.388 e. The second-order valence-electron chi connectivity index (χ2n) is 4.28. The number of amides is 1. The number of ether oxygens (including phenoxy) is 1. The fraction of sp³-hybridized carbons (Fsp3) is 0.417. The molecule has 104 valence electrons. The molecule has 3 atom stereocenters. The van der Waals surface area contributed by atoms with Gasteiger partial charge < -0.3 is 20.3 Å². The number of hydrogen-bond acceptors (Lipinski definition) is 4. The van der Waals surface area contributed by atoms with Crippen LogP contribution in [0.2, 0.25) is 5.02 Å². The van der Waals surface area contributed by atoms with Gasteiger partial charge in [0.2, 0.25) is 0 Å². The van der Waals surface area contributed by atoms with Crippen molar-refractivity contribution in [2.24, 2.45) is 0 Å². The normalized spacial score (nSPS) is 27.1. The molecular weight excluding hydrogens is 277 g/mol. The number of carbonyl (C=O) groups excluding carboxylic acids is 1. The maximum Gasteiger partial charge on any atom is 0.253 e. The fourth-order valence-corrected chi connectivity index (χ4v) is 2.05. The lowest BCUT2D eigenvalue weighted by Gasteiger charge is -2.32. The molecule has 1 saturated heterocycles. The molecule has 1 aromatic carbocycles. The van der Waals surface area contributed by atoms with Gasteiger partial charge in [-0.2, -0.15) is 0 Å². The molecule has 2 rings (SSSR count). The van der Waals surface area contributed by atoms with E-state index in [1.165, 1.54) is 12.1 Å². The first-order chi connectivity index (χ1) is 9.00. The first-order valence-electron chi connectivity index (χ1n) is 5.69. The van der Waals surface area contributed by atoms with Gasteiger partial charge in [-0.1, -0.05) is 17.7 Å². The van der Waals surface area contributed by atoms with Gasteiger partial charge in [0.05, 0.1) is 29.8 Å². The summed E-state index contributed by atoms with van der Waals surface area (Å²) in [5, 5.41) is 21.3. The lowest BCUT2D eigenvalue weighted by Crippen LogP contribution is -2.55. The van der Waals surface area contributed by atoms with Crippen LogP contribution in [0.3, 0.4) is 0 Å². The smallest absolute Gasteiger partial charge is 0.253 e. The molecule has 1 amide bonds. The van der Waals surface area contributed by atoms with Gasteiger partial charge in [0.15, 0.2) is 0 Å². The Balaban J connectivity index is 2.10. The van der Waals surface area contributed by atoms with E-state index in [4.69, 9.17) is 16.3 Å². The van der Waals surface area contributed by atoms with Crippen molar-refractivity contribution in [2.45, 2.75) is 18.2 Å². The standard InChI is InChI=1S/C12H13ClFNO4/c13-10-6(2-1-3-7(10)14)12(18)15-8-4-19-5-9(16)11(8)17/h1-3,8-9,11,16-17H,4-5H2,(H,15,18)/t8-,9-,11+/m1/s1. The summed E-state index contributed by atoms with van der Waals surface area (Å²) in [6.45, 7) is 0.0746. The van der Waals surface area contributed by atoms with Crippen LogP contribution in [0.15, 0.2) is 18.2 Å². The lowest BCUT2D eigenvalue weighted by molar-refractivity contribution is -0.102. The van der Waals surface area contributed by atoms with Gasteiger partial charge in [-0.3, -0.25) is 4.79 Å². The molecule has 1 aromatic rings. The van der Waals surface area contributed by atoms with E-state index in [1.54, 1.807) is 0 Å². The largest absolute Gasteiger partial charge is 0.388 e. The van der Waals surface area contributed by atoms with E-state index in [0.29, 0.717) is 0 Å². The first kappa shape index (κ1) is 14.2. The van der Waals surface area contributed by atoms with Gasteiger partial charge in [-0.15, -0.1) is 0 Å². The Bertz CT molecular complexity index is 485. The van der Waals surface area contributed by atoms with Gasteiger partial charge in [0.1, 0.15) is 18.0 Å². The SMILES string of the molecule is O=C(N[C@@H]1COC[C@@H](O)[C@H]1O)c1cccc(F)c1Cl. The Morgan fingerprint density at radius 2 is 2.16 bits per heavy atom. The summed E-state index contributed by atoms with van der Waals surface area (Å²) in [6.07, 6.45) is -2.20. The van der Waals surface area contributed by atoms with Crippen molar-refractivity contribution in [1.82, 2.24) is 5.32 Å². The molecule has 0 unspecified atom stereocenters. The third kappa shape index (κ3) is 3.03. The first-order valence-corrected chi connectivity index (χ1v) is 6.07. The van der Waals surface area contributed by atoms with Gasteiger partial charge in [-0.05, 0) is 12.1 Å². The molecule has 7 heteroatoms. The third-order valence-electron chi connectivity index (χ3n) is 2.91. The van der Waals surface area contributed by atoms with E-state index in [9.17, 15) is 19.4 Å². The second kappa shape index (κ2) is 5.83. The predicted octanol–water partition coefficient (Wildman–Crippen LogP) is 0.330. The number of benzene rings is 1. The van der Waals surface area contributed by atoms with Gasteiger partial charge >= 0.3 is 0 Å². The van der Waals surface area contributed by atoms with Crippen LogP contribution in [0.4, 0.5) is 4.39 Å². The summed E-state index contributed by atoms with van der Waals surface area (Å²) in [7, 11) is 0. The van der Waals surface area contributed by atoms with Crippen LogP contribution in [0, 0.1) is 5.82 Å². The third-order valence-corrected chi connectivity index (χ3v) is 3.29. The Morgan fingerprint density at radius 3 is 2.89 bits per heavy atom. The number of hydrogen-bond donors (Lipinski definition) is 3. The average Bonchev–Trinajstić information content (AvgIpc) is 2.38. The van der Waals surface area contributed by atoms with Crippen LogP contribution in [-0.4, -0.2) is 47.6 Å². The molecule has 0 aromatic heterocycles. The van der Waals surface area contributed by atoms with Crippen molar-refractivity contribution in [3.8, 4) is 0 Å². The number of aliphatic hydroxyl groups is 2. The summed E-state index contributed by atoms with van der Waals surface area (Å²) in [4.78, 5) is 11.9. The van der Waals surface area contributed by atoms with Crippen molar-refractivity contribution in [1.29, 1.82) is 0 Å². The Labute approximate surface area is 113 Å². The van der Waals surface area contributed by atoms with E-state index in [1.807, 2.05) is 0 Å². The monoisotopic (exact) mass is 289 g/mol. The second-order valence-corrected chi connectivity index (χ2v) is 4.65. The van der Waals surface area contributed by atoms with Crippen LogP contribution in [0.1, 0.15) is 10.4 Å². The number of nitrogens with one attached hydrogen (secondary N) is 1. The minimum absolute atomic E-state index is 0.00819. The molecule has 1 fully saturated rings. The van der Waals surface area contributed by atoms with Crippen molar-refractivity contribution in [3.63, 3.8) is 0 Å². The van der Waals surface area contributed by atoms with Gasteiger partial charge in [0.25, 0.3) is 5.91 Å². The molecule has 1 heterocycles. The highest BCUT2D eigenvalue weighted by atomic mass is 35.5. The highest BCUT2D eigenvalue weighted by Gasteiger charge is 2.32. The van der Waals surface area contributed by atoms with Crippen molar-refractivity contribution < 1.29 is 24.1 Å². The lowest BCUT2D eigenvalue weighted by atomic mass is 10.0. The zero-order valence-corrected chi connectivity index (χ0v) is 10.6. The summed E-state index contributed by atoms with van der Waals surface area (Å²) in [6, 6.07) is 3.10. The van der Waals surface area contributed by atoms with Gasteiger partial charge in [-0.25, -0.2) is 4.39 Å². The fourth-order valence-electron chi connectivity index (χ4n) is 1.83. The number of carbonyl (C=O) groups is 1. The molecule has 0 aliphatic carbocycles. The van der Waals surface area contributed by atoms with Crippen LogP contribution in [-0.2, 0) is 4.74 Å². The average molecular weight is 290 g/mol. The molecule has 0 radical (unpaired) electrons. The highest BCUT2D eigenvalue weighted by Crippen LogP contribution is 2.20. The van der Waals surface area contributed by atoms with Crippen LogP contribution < -0.4 is 5.32 Å². The summed E-state index contributed by atoms with van der Waals surface area (Å²) in [5.41, 5.74) is -0.0334. The van der Waals surface area contributed by atoms with Crippen LogP contribution in [0.25, 0.3) is 0 Å². The molecular formula is C12H13ClFNO4. The Kier molecular flexibility index (Phi) is 4.36. The highest BCUT2D eigenvalue weighted by molar-refractivity contribution is 6.34. The maximum absolute atomic E-state index is 13.2. The zero-order valence-electron chi connectivity index (χ0n) is 9.85. The van der Waals surface area contributed by atoms with E-state index in [2.05, 4.69) is 5.32 Å². The zero-order chi connectivity index (χ0) is 14.0. The topological polar surface area (TPSA) is 78.8 Å². The Hall–Kier alpha value is -1.21. The summed E-state index contributed by atoms with van der Waals surface area (Å²) < 4.78 is 18.3. The molecule has 0 saturated carbocycles. The van der Waals surface area contributed by atoms with Crippen molar-refractivity contribution in [2.75, 3.05) is 13.2 Å². The van der Waals surface area contributed by atoms with Crippen LogP contribution in [0.5, 0.6) is 0 Å². The quantitative estimate of drug-likeness (QED) is 0.733. The van der Waals surface area contributed by atoms with E-state index in [0.717, 1.165) is 6.07 Å². The maximum atomic E-state index is 13.2. The van der Waals surface area contributed by atoms with E-state index >= 15 is 0 Å². The molecule has 19 heavy (non-hydrogen) atoms. The van der Waals surface area contributed by atoms with E-state index in [-0.39, 0.29) is 23.8 Å². The Morgan fingerprint density at radius 1 is 1.42 bits per heavy atom. The van der Waals surface area contributed by atoms with E-state index < -0.39 is 30.0 Å². The minimum atomic E-state index is -1.13. The molecule has 5 nitrogen and oxygen atoms in total. The summed E-state index contributed by atoms with van der Waals surface area (Å²) >= 11 is 5.69. The number of halogens is 2.